The predicted octanol–water partition coefficient (Wildman–Crippen LogP) is 3.62. The molecule has 1 aliphatic rings. The van der Waals surface area contributed by atoms with Crippen molar-refractivity contribution < 1.29 is 9.59 Å². The molecule has 3 heterocycles. The lowest BCUT2D eigenvalue weighted by atomic mass is 10.1. The third-order valence-corrected chi connectivity index (χ3v) is 6.57. The molecule has 0 radical (unpaired) electrons. The van der Waals surface area contributed by atoms with Crippen molar-refractivity contribution in [3.63, 3.8) is 0 Å². The molecule has 31 heavy (non-hydrogen) atoms. The van der Waals surface area contributed by atoms with Gasteiger partial charge in [0.15, 0.2) is 0 Å². The number of thiophene rings is 1. The van der Waals surface area contributed by atoms with Crippen molar-refractivity contribution in [2.24, 2.45) is 0 Å². The smallest absolute Gasteiger partial charge is 0.322 e. The van der Waals surface area contributed by atoms with Crippen molar-refractivity contribution in [2.45, 2.75) is 25.4 Å². The van der Waals surface area contributed by atoms with Crippen molar-refractivity contribution >= 4 is 57.0 Å². The lowest BCUT2D eigenvalue weighted by molar-refractivity contribution is -0.108. The zero-order valence-electron chi connectivity index (χ0n) is 16.8. The van der Waals surface area contributed by atoms with Gasteiger partial charge in [0.25, 0.3) is 0 Å². The molecule has 0 aliphatic carbocycles. The molecule has 3 aromatic rings. The van der Waals surface area contributed by atoms with Crippen molar-refractivity contribution in [2.75, 3.05) is 30.7 Å². The number of fused-ring (bicyclic) bond motifs is 1. The number of rotatable bonds is 6. The monoisotopic (exact) mass is 458 g/mol. The minimum Gasteiger partial charge on any atom is -0.383 e. The zero-order chi connectivity index (χ0) is 21.8. The first kappa shape index (κ1) is 21.5. The number of nitrogens with two attached hydrogens (primary N) is 1. The van der Waals surface area contributed by atoms with Gasteiger partial charge in [-0.05, 0) is 30.2 Å². The highest BCUT2D eigenvalue weighted by molar-refractivity contribution is 7.14. The topological polar surface area (TPSA) is 104 Å². The molecule has 1 aliphatic heterocycles. The van der Waals surface area contributed by atoms with Crippen LogP contribution in [0.3, 0.4) is 0 Å². The van der Waals surface area contributed by atoms with Gasteiger partial charge in [0.05, 0.1) is 15.5 Å². The highest BCUT2D eigenvalue weighted by Gasteiger charge is 2.30. The van der Waals surface area contributed by atoms with E-state index in [4.69, 9.17) is 17.3 Å². The molecule has 3 N–H and O–H groups in total. The number of nitrogens with zero attached hydrogens (tertiary/aromatic N) is 4. The lowest BCUT2D eigenvalue weighted by Crippen LogP contribution is -2.55. The highest BCUT2D eigenvalue weighted by Crippen LogP contribution is 2.26. The molecule has 1 aromatic carbocycles. The summed E-state index contributed by atoms with van der Waals surface area (Å²) in [4.78, 5) is 36.3. The van der Waals surface area contributed by atoms with Crippen LogP contribution in [0.1, 0.15) is 18.4 Å². The molecule has 1 fully saturated rings. The van der Waals surface area contributed by atoms with Crippen LogP contribution in [0.25, 0.3) is 10.9 Å². The van der Waals surface area contributed by atoms with E-state index in [0.717, 1.165) is 35.8 Å². The number of carbonyl (C=O) groups is 2. The highest BCUT2D eigenvalue weighted by atomic mass is 35.5. The Morgan fingerprint density at radius 1 is 1.32 bits per heavy atom. The molecule has 0 spiro atoms. The van der Waals surface area contributed by atoms with Crippen molar-refractivity contribution in [1.29, 1.82) is 0 Å². The summed E-state index contributed by atoms with van der Waals surface area (Å²) in [6, 6.07) is 7.52. The van der Waals surface area contributed by atoms with E-state index in [-0.39, 0.29) is 12.1 Å². The van der Waals surface area contributed by atoms with Crippen LogP contribution in [-0.2, 0) is 11.3 Å². The number of benzene rings is 1. The number of halogens is 1. The van der Waals surface area contributed by atoms with Crippen LogP contribution in [0.2, 0.25) is 5.02 Å². The van der Waals surface area contributed by atoms with Gasteiger partial charge in [-0.15, -0.1) is 11.3 Å². The summed E-state index contributed by atoms with van der Waals surface area (Å²) in [5.41, 5.74) is 7.85. The van der Waals surface area contributed by atoms with Gasteiger partial charge < -0.3 is 15.4 Å². The van der Waals surface area contributed by atoms with Gasteiger partial charge in [-0.25, -0.2) is 14.8 Å². The largest absolute Gasteiger partial charge is 0.383 e. The van der Waals surface area contributed by atoms with E-state index >= 15 is 0 Å². The second-order valence-corrected chi connectivity index (χ2v) is 8.84. The van der Waals surface area contributed by atoms with E-state index in [1.807, 2.05) is 23.1 Å². The minimum atomic E-state index is -0.160. The number of nitrogen functional groups attached to an aromatic ring is 1. The summed E-state index contributed by atoms with van der Waals surface area (Å²) in [6.45, 7) is 2.74. The average Bonchev–Trinajstić information content (AvgIpc) is 3.17. The third kappa shape index (κ3) is 5.12. The molecule has 4 rings (SSSR count). The summed E-state index contributed by atoms with van der Waals surface area (Å²) in [7, 11) is 0. The minimum absolute atomic E-state index is 0.0483. The van der Waals surface area contributed by atoms with Crippen LogP contribution in [0.4, 0.5) is 15.6 Å². The Morgan fingerprint density at radius 2 is 2.19 bits per heavy atom. The average molecular weight is 459 g/mol. The van der Waals surface area contributed by atoms with Crippen molar-refractivity contribution in [1.82, 2.24) is 19.8 Å². The maximum absolute atomic E-state index is 12.8. The molecule has 10 heteroatoms. The molecular formula is C21H23ClN6O2S. The van der Waals surface area contributed by atoms with Crippen LogP contribution in [0.15, 0.2) is 36.0 Å². The molecule has 2 amide bonds. The fraction of sp³-hybridized carbons (Fsp3) is 0.333. The molecule has 1 atom stereocenters. The van der Waals surface area contributed by atoms with Gasteiger partial charge in [-0.1, -0.05) is 17.7 Å². The van der Waals surface area contributed by atoms with Gasteiger partial charge in [-0.3, -0.25) is 10.2 Å². The Labute approximate surface area is 189 Å². The Balaban J connectivity index is 1.44. The molecule has 2 aromatic heterocycles. The summed E-state index contributed by atoms with van der Waals surface area (Å²) < 4.78 is 0. The van der Waals surface area contributed by atoms with E-state index in [2.05, 4.69) is 20.2 Å². The van der Waals surface area contributed by atoms with Gasteiger partial charge in [-0.2, -0.15) is 0 Å². The maximum atomic E-state index is 12.8. The number of amides is 2. The standard InChI is InChI=1S/C21H23ClN6O2S/c22-15-9-19(31-12-15)26-21(30)28-6-5-27(11-16(28)2-1-7-29)10-14-3-4-17-18(8-14)24-13-25-20(17)23/h3-4,7-9,12-13,16H,1-2,5-6,10-11H2,(H,26,30)(H2,23,24,25)/t16-/m0/s1. The second kappa shape index (κ2) is 9.59. The van der Waals surface area contributed by atoms with Crippen LogP contribution in [-0.4, -0.2) is 57.8 Å². The maximum Gasteiger partial charge on any atom is 0.322 e. The quantitative estimate of drug-likeness (QED) is 0.546. The summed E-state index contributed by atoms with van der Waals surface area (Å²) in [5, 5.41) is 6.85. The molecule has 8 nitrogen and oxygen atoms in total. The molecule has 1 saturated heterocycles. The number of piperazine rings is 1. The van der Waals surface area contributed by atoms with Gasteiger partial charge in [0, 0.05) is 49.4 Å². The second-order valence-electron chi connectivity index (χ2n) is 7.50. The van der Waals surface area contributed by atoms with Crippen LogP contribution >= 0.6 is 22.9 Å². The summed E-state index contributed by atoms with van der Waals surface area (Å²) in [5.74, 6) is 0.470. The fourth-order valence-electron chi connectivity index (χ4n) is 3.87. The van der Waals surface area contributed by atoms with E-state index in [1.54, 1.807) is 11.4 Å². The first-order valence-corrected chi connectivity index (χ1v) is 11.3. The number of hydrogen-bond acceptors (Lipinski definition) is 7. The number of urea groups is 1. The first-order valence-electron chi connectivity index (χ1n) is 10.00. The molecular weight excluding hydrogens is 436 g/mol. The SMILES string of the molecule is Nc1ncnc2cc(CN3CCN(C(=O)Nc4cc(Cl)cs4)[C@@H](CCC=O)C3)ccc12. The number of nitrogens with one attached hydrogen (secondary N) is 1. The molecule has 0 unspecified atom stereocenters. The van der Waals surface area contributed by atoms with Gasteiger partial charge in [0.2, 0.25) is 0 Å². The Bertz CT molecular complexity index is 1090. The molecule has 0 saturated carbocycles. The first-order chi connectivity index (χ1) is 15.0. The van der Waals surface area contributed by atoms with Gasteiger partial charge >= 0.3 is 6.03 Å². The summed E-state index contributed by atoms with van der Waals surface area (Å²) in [6.07, 6.45) is 3.41. The number of carbonyl (C=O) groups excluding carboxylic acids is 2. The third-order valence-electron chi connectivity index (χ3n) is 5.38. The number of aromatic nitrogens is 2. The number of aldehydes is 1. The van der Waals surface area contributed by atoms with E-state index in [0.29, 0.717) is 41.8 Å². The van der Waals surface area contributed by atoms with Gasteiger partial charge in [0.1, 0.15) is 18.4 Å². The zero-order valence-corrected chi connectivity index (χ0v) is 18.4. The van der Waals surface area contributed by atoms with E-state index < -0.39 is 0 Å². The van der Waals surface area contributed by atoms with E-state index in [9.17, 15) is 9.59 Å². The predicted molar refractivity (Wildman–Crippen MR) is 123 cm³/mol. The fourth-order valence-corrected chi connectivity index (χ4v) is 4.83. The van der Waals surface area contributed by atoms with Crippen molar-refractivity contribution in [3.05, 3.63) is 46.6 Å². The Hall–Kier alpha value is -2.75. The Morgan fingerprint density at radius 3 is 2.97 bits per heavy atom. The van der Waals surface area contributed by atoms with Crippen LogP contribution in [0.5, 0.6) is 0 Å². The number of hydrogen-bond donors (Lipinski definition) is 2. The molecule has 0 bridgehead atoms. The molecule has 162 valence electrons. The summed E-state index contributed by atoms with van der Waals surface area (Å²) >= 11 is 7.34. The van der Waals surface area contributed by atoms with E-state index in [1.165, 1.54) is 17.7 Å². The van der Waals surface area contributed by atoms with Crippen LogP contribution < -0.4 is 11.1 Å². The Kier molecular flexibility index (Phi) is 6.64. The van der Waals surface area contributed by atoms with Crippen molar-refractivity contribution in [3.8, 4) is 0 Å². The van der Waals surface area contributed by atoms with Crippen LogP contribution in [0, 0.1) is 0 Å². The number of anilines is 2. The normalized spacial score (nSPS) is 17.1. The lowest BCUT2D eigenvalue weighted by Gasteiger charge is -2.41.